The summed E-state index contributed by atoms with van der Waals surface area (Å²) in [5, 5.41) is 54.8. The van der Waals surface area contributed by atoms with Crippen molar-refractivity contribution in [3.8, 4) is 0 Å². The Morgan fingerprint density at radius 1 is 0.427 bits per heavy atom. The van der Waals surface area contributed by atoms with E-state index in [1.54, 1.807) is 6.08 Å². The Kier molecular flexibility index (Phi) is 58.0. The van der Waals surface area contributed by atoms with E-state index in [4.69, 9.17) is 9.47 Å². The summed E-state index contributed by atoms with van der Waals surface area (Å²) in [5.41, 5.74) is 0. The van der Waals surface area contributed by atoms with Crippen LogP contribution >= 0.6 is 0 Å². The molecule has 476 valence electrons. The first-order chi connectivity index (χ1) is 40.3. The summed E-state index contributed by atoms with van der Waals surface area (Å²) in [6, 6.07) is -0.809. The van der Waals surface area contributed by atoms with E-state index in [1.165, 1.54) is 218 Å². The van der Waals surface area contributed by atoms with E-state index in [9.17, 15) is 30.3 Å². The minimum atomic E-state index is -1.57. The third kappa shape index (κ3) is 49.6. The lowest BCUT2D eigenvalue weighted by molar-refractivity contribution is -0.302. The van der Waals surface area contributed by atoms with E-state index < -0.39 is 49.5 Å². The van der Waals surface area contributed by atoms with E-state index in [2.05, 4.69) is 92.1 Å². The predicted molar refractivity (Wildman–Crippen MR) is 350 cm³/mol. The van der Waals surface area contributed by atoms with Crippen molar-refractivity contribution in [2.24, 2.45) is 0 Å². The van der Waals surface area contributed by atoms with Crippen LogP contribution in [-0.4, -0.2) is 87.5 Å². The molecule has 1 fully saturated rings. The van der Waals surface area contributed by atoms with Crippen molar-refractivity contribution in [3.05, 3.63) is 85.1 Å². The Bertz CT molecular complexity index is 1570. The summed E-state index contributed by atoms with van der Waals surface area (Å²) in [4.78, 5) is 13.1. The predicted octanol–water partition coefficient (Wildman–Crippen LogP) is 18.9. The second kappa shape index (κ2) is 61.5. The van der Waals surface area contributed by atoms with Gasteiger partial charge in [0.25, 0.3) is 0 Å². The zero-order valence-electron chi connectivity index (χ0n) is 53.2. The molecule has 0 aromatic heterocycles. The Balaban J connectivity index is 2.13. The first-order valence-corrected chi connectivity index (χ1v) is 34.8. The molecule has 0 aromatic carbocycles. The summed E-state index contributed by atoms with van der Waals surface area (Å²) in [6.07, 6.45) is 81.1. The van der Waals surface area contributed by atoms with Crippen LogP contribution in [-0.2, 0) is 14.3 Å². The molecule has 82 heavy (non-hydrogen) atoms. The van der Waals surface area contributed by atoms with Crippen LogP contribution in [0.15, 0.2) is 85.1 Å². The van der Waals surface area contributed by atoms with Crippen molar-refractivity contribution < 1.29 is 39.8 Å². The molecular weight excluding hydrogens is 1020 g/mol. The van der Waals surface area contributed by atoms with Gasteiger partial charge in [-0.25, -0.2) is 0 Å². The minimum absolute atomic E-state index is 0.175. The van der Waals surface area contributed by atoms with Crippen molar-refractivity contribution in [1.29, 1.82) is 0 Å². The van der Waals surface area contributed by atoms with Gasteiger partial charge in [0.05, 0.1) is 25.4 Å². The number of rotatable bonds is 60. The second-order valence-corrected chi connectivity index (χ2v) is 23.9. The van der Waals surface area contributed by atoms with Gasteiger partial charge < -0.3 is 40.3 Å². The fraction of sp³-hybridized carbons (Fsp3) is 0.795. The largest absolute Gasteiger partial charge is 0.394 e. The lowest BCUT2D eigenvalue weighted by Crippen LogP contribution is -2.60. The Morgan fingerprint density at radius 3 is 1.12 bits per heavy atom. The third-order valence-electron chi connectivity index (χ3n) is 16.2. The Labute approximate surface area is 505 Å². The van der Waals surface area contributed by atoms with Crippen molar-refractivity contribution in [3.63, 3.8) is 0 Å². The van der Waals surface area contributed by atoms with E-state index in [0.29, 0.717) is 6.42 Å². The molecule has 0 aromatic rings. The summed E-state index contributed by atoms with van der Waals surface area (Å²) in [6.45, 7) is 3.70. The first kappa shape index (κ1) is 77.4. The zero-order chi connectivity index (χ0) is 59.3. The fourth-order valence-electron chi connectivity index (χ4n) is 10.8. The number of allylic oxidation sites excluding steroid dienone is 13. The van der Waals surface area contributed by atoms with Gasteiger partial charge in [-0.3, -0.25) is 4.79 Å². The molecule has 0 aliphatic carbocycles. The van der Waals surface area contributed by atoms with E-state index in [-0.39, 0.29) is 12.5 Å². The molecule has 0 spiro atoms. The molecule has 7 unspecified atom stereocenters. The molecule has 0 radical (unpaired) electrons. The molecule has 9 nitrogen and oxygen atoms in total. The molecule has 1 rings (SSSR count). The molecule has 6 N–H and O–H groups in total. The number of carbonyl (C=O) groups is 1. The summed E-state index contributed by atoms with van der Waals surface area (Å²) in [7, 11) is 0. The molecule has 1 amide bonds. The van der Waals surface area contributed by atoms with Gasteiger partial charge in [0.15, 0.2) is 6.29 Å². The number of aliphatic hydroxyl groups is 5. The monoisotopic (exact) mass is 1150 g/mol. The molecule has 1 aliphatic heterocycles. The number of hydrogen-bond acceptors (Lipinski definition) is 8. The van der Waals surface area contributed by atoms with Crippen LogP contribution in [0.2, 0.25) is 0 Å². The smallest absolute Gasteiger partial charge is 0.220 e. The van der Waals surface area contributed by atoms with Gasteiger partial charge >= 0.3 is 0 Å². The third-order valence-corrected chi connectivity index (χ3v) is 16.2. The fourth-order valence-corrected chi connectivity index (χ4v) is 10.8. The number of carbonyl (C=O) groups excluding carboxylic acids is 1. The lowest BCUT2D eigenvalue weighted by atomic mass is 9.99. The van der Waals surface area contributed by atoms with Crippen LogP contribution in [0.3, 0.4) is 0 Å². The van der Waals surface area contributed by atoms with Crippen molar-refractivity contribution in [2.75, 3.05) is 13.2 Å². The topological polar surface area (TPSA) is 149 Å². The second-order valence-electron chi connectivity index (χ2n) is 23.9. The van der Waals surface area contributed by atoms with Gasteiger partial charge in [-0.2, -0.15) is 0 Å². The number of amides is 1. The van der Waals surface area contributed by atoms with Crippen LogP contribution in [0, 0.1) is 0 Å². The van der Waals surface area contributed by atoms with Crippen molar-refractivity contribution in [1.82, 2.24) is 5.32 Å². The quantitative estimate of drug-likeness (QED) is 0.0261. The molecule has 1 aliphatic rings. The van der Waals surface area contributed by atoms with E-state index in [0.717, 1.165) is 77.0 Å². The van der Waals surface area contributed by atoms with Crippen molar-refractivity contribution >= 4 is 5.91 Å². The average Bonchev–Trinajstić information content (AvgIpc) is 3.52. The molecule has 9 heteroatoms. The maximum absolute atomic E-state index is 13.1. The minimum Gasteiger partial charge on any atom is -0.394 e. The highest BCUT2D eigenvalue weighted by Crippen LogP contribution is 2.23. The average molecular weight is 1150 g/mol. The van der Waals surface area contributed by atoms with Gasteiger partial charge in [0.2, 0.25) is 5.91 Å². The maximum atomic E-state index is 13.1. The van der Waals surface area contributed by atoms with Crippen molar-refractivity contribution in [2.45, 2.75) is 358 Å². The van der Waals surface area contributed by atoms with Crippen LogP contribution in [0.4, 0.5) is 0 Å². The Hall–Kier alpha value is -2.63. The number of nitrogens with one attached hydrogen (secondary N) is 1. The van der Waals surface area contributed by atoms with Gasteiger partial charge in [-0.05, 0) is 70.6 Å². The lowest BCUT2D eigenvalue weighted by Gasteiger charge is -2.40. The number of hydrogen-bond donors (Lipinski definition) is 6. The van der Waals surface area contributed by atoms with Crippen LogP contribution in [0.5, 0.6) is 0 Å². The molecule has 0 bridgehead atoms. The van der Waals surface area contributed by atoms with E-state index in [1.807, 2.05) is 6.08 Å². The molecule has 0 saturated carbocycles. The first-order valence-electron chi connectivity index (χ1n) is 34.8. The van der Waals surface area contributed by atoms with Crippen LogP contribution < -0.4 is 5.32 Å². The number of ether oxygens (including phenoxy) is 2. The summed E-state index contributed by atoms with van der Waals surface area (Å²) < 4.78 is 11.3. The molecule has 7 atom stereocenters. The molecular formula is C73H131NO8. The normalized spacial score (nSPS) is 18.8. The molecule has 1 saturated heterocycles. The van der Waals surface area contributed by atoms with Gasteiger partial charge in [-0.15, -0.1) is 0 Å². The van der Waals surface area contributed by atoms with E-state index >= 15 is 0 Å². The number of unbranched alkanes of at least 4 members (excludes halogenated alkanes) is 38. The van der Waals surface area contributed by atoms with Gasteiger partial charge in [0, 0.05) is 6.42 Å². The zero-order valence-corrected chi connectivity index (χ0v) is 53.2. The van der Waals surface area contributed by atoms with Crippen LogP contribution in [0.25, 0.3) is 0 Å². The highest BCUT2D eigenvalue weighted by molar-refractivity contribution is 5.76. The highest BCUT2D eigenvalue weighted by atomic mass is 16.7. The van der Waals surface area contributed by atoms with Gasteiger partial charge in [-0.1, -0.05) is 324 Å². The molecule has 1 heterocycles. The summed E-state index contributed by atoms with van der Waals surface area (Å²) in [5.74, 6) is -0.175. The standard InChI is InChI=1S/C73H131NO8/c1-3-5-7-9-11-13-15-17-19-21-23-25-27-29-30-31-32-33-34-35-36-37-38-39-41-43-45-47-49-51-53-55-57-59-61-63-69(77)74-66(65-81-73-72(80)71(79)70(78)68(64-75)82-73)67(76)62-60-58-56-54-52-50-48-46-44-42-40-28-26-24-22-20-18-16-14-12-10-8-6-4-2/h5,7,11,13,17,19,23,25,29-30,32-33,60,62,66-68,70-73,75-76,78-80H,3-4,6,8-10,12,14-16,18,20-22,24,26-28,31,34-59,61,63-65H2,1-2H3,(H,74,77)/b7-5-,13-11-,19-17-,25-23-,30-29-,33-32-,62-60+. The SMILES string of the molecule is CC/C=C\C/C=C\C/C=C\C/C=C\C/C=C\C/C=C\CCCCCCCCCCCCCCCCCCC(=O)NC(COC1OC(CO)C(O)C(O)C1O)C(O)/C=C/CCCCCCCCCCCCCCCCCCCCCCCC. The maximum Gasteiger partial charge on any atom is 0.220 e. The van der Waals surface area contributed by atoms with Crippen LogP contribution in [0.1, 0.15) is 316 Å². The van der Waals surface area contributed by atoms with Gasteiger partial charge in [0.1, 0.15) is 24.4 Å². The highest BCUT2D eigenvalue weighted by Gasteiger charge is 2.44. The number of aliphatic hydroxyl groups excluding tert-OH is 5. The summed E-state index contributed by atoms with van der Waals surface area (Å²) >= 11 is 0. The Morgan fingerprint density at radius 2 is 0.756 bits per heavy atom.